The van der Waals surface area contributed by atoms with E-state index < -0.39 is 0 Å². The average Bonchev–Trinajstić information content (AvgIpc) is 3.32. The van der Waals surface area contributed by atoms with Gasteiger partial charge in [0.15, 0.2) is 5.69 Å². The van der Waals surface area contributed by atoms with Gasteiger partial charge in [0.2, 0.25) is 0 Å². The number of rotatable bonds is 3. The maximum Gasteiger partial charge on any atom is 0.276 e. The zero-order valence-electron chi connectivity index (χ0n) is 14.7. The number of carbonyl (C=O) groups excluding carboxylic acids is 1. The van der Waals surface area contributed by atoms with Crippen molar-refractivity contribution < 1.29 is 4.79 Å². The average molecular weight is 339 g/mol. The Morgan fingerprint density at radius 1 is 1.20 bits per heavy atom. The summed E-state index contributed by atoms with van der Waals surface area (Å²) in [6.45, 7) is 4.90. The van der Waals surface area contributed by atoms with Crippen LogP contribution in [0, 0.1) is 6.92 Å². The lowest BCUT2D eigenvalue weighted by atomic mass is 9.99. The van der Waals surface area contributed by atoms with Crippen LogP contribution < -0.4 is 5.32 Å². The Morgan fingerprint density at radius 3 is 2.80 bits per heavy atom. The van der Waals surface area contributed by atoms with Crippen LogP contribution in [-0.4, -0.2) is 45.4 Å². The maximum atomic E-state index is 13.0. The second-order valence-corrected chi connectivity index (χ2v) is 7.08. The molecule has 6 heteroatoms. The number of nitrogens with zero attached hydrogens (tertiary/aromatic N) is 4. The smallest absolute Gasteiger partial charge is 0.276 e. The van der Waals surface area contributed by atoms with Crippen molar-refractivity contribution in [3.8, 4) is 0 Å². The topological polar surface area (TPSA) is 63.1 Å². The van der Waals surface area contributed by atoms with Crippen molar-refractivity contribution in [2.24, 2.45) is 0 Å². The van der Waals surface area contributed by atoms with Crippen LogP contribution in [-0.2, 0) is 0 Å². The Kier molecular flexibility index (Phi) is 4.53. The molecular weight excluding hydrogens is 314 g/mol. The molecule has 2 saturated heterocycles. The first-order valence-corrected chi connectivity index (χ1v) is 9.23. The maximum absolute atomic E-state index is 13.0. The number of aryl methyl sites for hydroxylation is 1. The largest absolute Gasteiger partial charge is 0.330 e. The molecule has 2 aliphatic heterocycles. The number of hydrogen-bond acceptors (Lipinski definition) is 4. The predicted molar refractivity (Wildman–Crippen MR) is 95.4 cm³/mol. The van der Waals surface area contributed by atoms with Crippen molar-refractivity contribution in [3.05, 3.63) is 47.3 Å². The normalized spacial score (nSPS) is 21.6. The van der Waals surface area contributed by atoms with Gasteiger partial charge in [0, 0.05) is 6.54 Å². The van der Waals surface area contributed by atoms with Crippen LogP contribution in [0.3, 0.4) is 0 Å². The zero-order valence-corrected chi connectivity index (χ0v) is 14.7. The van der Waals surface area contributed by atoms with Gasteiger partial charge in [-0.3, -0.25) is 4.79 Å². The van der Waals surface area contributed by atoms with Crippen molar-refractivity contribution >= 4 is 5.91 Å². The molecule has 1 atom stereocenters. The lowest BCUT2D eigenvalue weighted by Gasteiger charge is -2.25. The molecule has 0 bridgehead atoms. The highest BCUT2D eigenvalue weighted by molar-refractivity contribution is 5.92. The van der Waals surface area contributed by atoms with E-state index in [9.17, 15) is 4.79 Å². The van der Waals surface area contributed by atoms with Crippen LogP contribution in [0.5, 0.6) is 0 Å². The molecule has 2 fully saturated rings. The van der Waals surface area contributed by atoms with Gasteiger partial charge in [0.1, 0.15) is 0 Å². The molecule has 6 nitrogen and oxygen atoms in total. The number of aromatic nitrogens is 3. The summed E-state index contributed by atoms with van der Waals surface area (Å²) in [4.78, 5) is 15.0. The van der Waals surface area contributed by atoms with E-state index in [-0.39, 0.29) is 11.9 Å². The summed E-state index contributed by atoms with van der Waals surface area (Å²) < 4.78 is 1.88. The van der Waals surface area contributed by atoms with Gasteiger partial charge in [0.25, 0.3) is 5.91 Å². The Morgan fingerprint density at radius 2 is 2.00 bits per heavy atom. The van der Waals surface area contributed by atoms with Crippen molar-refractivity contribution in [1.82, 2.24) is 25.2 Å². The van der Waals surface area contributed by atoms with E-state index in [0.29, 0.717) is 11.7 Å². The first-order chi connectivity index (χ1) is 12.2. The molecule has 4 rings (SSSR count). The zero-order chi connectivity index (χ0) is 17.2. The van der Waals surface area contributed by atoms with Gasteiger partial charge < -0.3 is 10.2 Å². The van der Waals surface area contributed by atoms with Crippen molar-refractivity contribution in [1.29, 1.82) is 0 Å². The summed E-state index contributed by atoms with van der Waals surface area (Å²) in [5.41, 5.74) is 2.96. The molecule has 0 spiro atoms. The summed E-state index contributed by atoms with van der Waals surface area (Å²) in [7, 11) is 0. The van der Waals surface area contributed by atoms with Crippen LogP contribution in [0.2, 0.25) is 0 Å². The first kappa shape index (κ1) is 16.3. The molecule has 0 aliphatic carbocycles. The molecule has 1 unspecified atom stereocenters. The molecule has 0 radical (unpaired) electrons. The first-order valence-electron chi connectivity index (χ1n) is 9.23. The minimum Gasteiger partial charge on any atom is -0.330 e. The summed E-state index contributed by atoms with van der Waals surface area (Å²) in [6.07, 6.45) is 5.96. The summed E-state index contributed by atoms with van der Waals surface area (Å²) >= 11 is 0. The van der Waals surface area contributed by atoms with Gasteiger partial charge >= 0.3 is 0 Å². The van der Waals surface area contributed by atoms with Gasteiger partial charge in [-0.15, -0.1) is 5.10 Å². The van der Waals surface area contributed by atoms with E-state index in [4.69, 9.17) is 0 Å². The molecule has 1 amide bonds. The van der Waals surface area contributed by atoms with Gasteiger partial charge in [0.05, 0.1) is 18.3 Å². The number of benzene rings is 1. The van der Waals surface area contributed by atoms with Gasteiger partial charge in [-0.1, -0.05) is 29.5 Å². The highest BCUT2D eigenvalue weighted by Gasteiger charge is 2.33. The molecule has 3 heterocycles. The molecule has 1 N–H and O–H groups in total. The summed E-state index contributed by atoms with van der Waals surface area (Å²) in [6, 6.07) is 8.85. The van der Waals surface area contributed by atoms with Crippen LogP contribution in [0.25, 0.3) is 0 Å². The van der Waals surface area contributed by atoms with Crippen LogP contribution in [0.4, 0.5) is 0 Å². The number of piperidine rings is 1. The molecule has 1 aromatic heterocycles. The monoisotopic (exact) mass is 339 g/mol. The Bertz CT molecular complexity index is 750. The van der Waals surface area contributed by atoms with E-state index in [1.165, 1.54) is 11.1 Å². The predicted octanol–water partition coefficient (Wildman–Crippen LogP) is 2.49. The lowest BCUT2D eigenvalue weighted by molar-refractivity contribution is 0.0729. The van der Waals surface area contributed by atoms with E-state index in [0.717, 1.165) is 45.3 Å². The van der Waals surface area contributed by atoms with Crippen LogP contribution >= 0.6 is 0 Å². The molecule has 0 saturated carbocycles. The lowest BCUT2D eigenvalue weighted by Crippen LogP contribution is -2.31. The quantitative estimate of drug-likeness (QED) is 0.933. The third kappa shape index (κ3) is 3.18. The summed E-state index contributed by atoms with van der Waals surface area (Å²) in [5, 5.41) is 11.8. The Balaban J connectivity index is 1.54. The highest BCUT2D eigenvalue weighted by Crippen LogP contribution is 2.34. The molecule has 1 aromatic carbocycles. The van der Waals surface area contributed by atoms with Gasteiger partial charge in [-0.2, -0.15) is 0 Å². The number of carbonyl (C=O) groups is 1. The fourth-order valence-corrected chi connectivity index (χ4v) is 4.07. The SMILES string of the molecule is Cc1ccccc1C1CCCN1C(=O)c1cn(C2CCNCC2)nn1. The molecule has 25 heavy (non-hydrogen) atoms. The fourth-order valence-electron chi connectivity index (χ4n) is 4.07. The number of hydrogen-bond donors (Lipinski definition) is 1. The third-order valence-electron chi connectivity index (χ3n) is 5.47. The van der Waals surface area contributed by atoms with E-state index >= 15 is 0 Å². The van der Waals surface area contributed by atoms with Gasteiger partial charge in [-0.25, -0.2) is 4.68 Å². The Hall–Kier alpha value is -2.21. The fraction of sp³-hybridized carbons (Fsp3) is 0.526. The van der Waals surface area contributed by atoms with Crippen molar-refractivity contribution in [2.75, 3.05) is 19.6 Å². The van der Waals surface area contributed by atoms with E-state index in [2.05, 4.69) is 40.8 Å². The minimum absolute atomic E-state index is 0.00550. The molecule has 2 aliphatic rings. The number of nitrogens with one attached hydrogen (secondary N) is 1. The van der Waals surface area contributed by atoms with Crippen LogP contribution in [0.15, 0.2) is 30.5 Å². The second-order valence-electron chi connectivity index (χ2n) is 7.08. The number of likely N-dealkylation sites (tertiary alicyclic amines) is 1. The molecule has 132 valence electrons. The summed E-state index contributed by atoms with van der Waals surface area (Å²) in [5.74, 6) is 0.00550. The standard InChI is InChI=1S/C19H25N5O/c1-14-5-2-3-6-16(14)18-7-4-12-23(18)19(25)17-13-24(22-21-17)15-8-10-20-11-9-15/h2-3,5-6,13,15,18,20H,4,7-12H2,1H3. The van der Waals surface area contributed by atoms with Crippen molar-refractivity contribution in [3.63, 3.8) is 0 Å². The van der Waals surface area contributed by atoms with E-state index in [1.807, 2.05) is 21.8 Å². The number of amides is 1. The molecular formula is C19H25N5O. The minimum atomic E-state index is 0.00550. The van der Waals surface area contributed by atoms with Crippen LogP contribution in [0.1, 0.15) is 59.4 Å². The van der Waals surface area contributed by atoms with Crippen molar-refractivity contribution in [2.45, 2.75) is 44.7 Å². The third-order valence-corrected chi connectivity index (χ3v) is 5.47. The van der Waals surface area contributed by atoms with E-state index in [1.54, 1.807) is 0 Å². The second kappa shape index (κ2) is 6.96. The highest BCUT2D eigenvalue weighted by atomic mass is 16.2. The van der Waals surface area contributed by atoms with Gasteiger partial charge in [-0.05, 0) is 56.8 Å². The molecule has 2 aromatic rings. The Labute approximate surface area is 148 Å².